The van der Waals surface area contributed by atoms with Gasteiger partial charge in [0, 0.05) is 10.7 Å². The van der Waals surface area contributed by atoms with Crippen LogP contribution in [-0.4, -0.2) is 24.8 Å². The third kappa shape index (κ3) is 5.99. The van der Waals surface area contributed by atoms with Crippen LogP contribution in [0.2, 0.25) is 0 Å². The smallest absolute Gasteiger partial charge is 0.287 e. The Morgan fingerprint density at radius 2 is 1.68 bits per heavy atom. The first-order valence-corrected chi connectivity index (χ1v) is 11.1. The third-order valence-corrected chi connectivity index (χ3v) is 5.43. The summed E-state index contributed by atoms with van der Waals surface area (Å²) in [5, 5.41) is 6.62. The van der Waals surface area contributed by atoms with Gasteiger partial charge >= 0.3 is 0 Å². The van der Waals surface area contributed by atoms with E-state index in [1.54, 1.807) is 54.6 Å². The van der Waals surface area contributed by atoms with E-state index in [0.717, 1.165) is 5.56 Å². The van der Waals surface area contributed by atoms with Gasteiger partial charge in [0.2, 0.25) is 6.79 Å². The van der Waals surface area contributed by atoms with Crippen LogP contribution in [-0.2, 0) is 4.79 Å². The molecule has 0 aromatic heterocycles. The van der Waals surface area contributed by atoms with Crippen molar-refractivity contribution in [3.8, 4) is 11.5 Å². The predicted molar refractivity (Wildman–Crippen MR) is 134 cm³/mol. The maximum atomic E-state index is 12.9. The van der Waals surface area contributed by atoms with Crippen molar-refractivity contribution in [2.24, 2.45) is 5.10 Å². The van der Waals surface area contributed by atoms with Crippen LogP contribution in [0.3, 0.4) is 0 Å². The molecule has 34 heavy (non-hydrogen) atoms. The van der Waals surface area contributed by atoms with Gasteiger partial charge in [-0.25, -0.2) is 5.43 Å². The Morgan fingerprint density at radius 3 is 2.50 bits per heavy atom. The summed E-state index contributed by atoms with van der Waals surface area (Å²) in [7, 11) is 0. The highest BCUT2D eigenvalue weighted by atomic mass is 79.9. The molecule has 0 saturated heterocycles. The maximum Gasteiger partial charge on any atom is 0.287 e. The summed E-state index contributed by atoms with van der Waals surface area (Å²) in [6, 6.07) is 21.9. The van der Waals surface area contributed by atoms with Crippen LogP contribution in [0.25, 0.3) is 12.2 Å². The van der Waals surface area contributed by atoms with Gasteiger partial charge in [-0.2, -0.15) is 5.10 Å². The Bertz CT molecular complexity index is 1290. The molecule has 0 unspecified atom stereocenters. The lowest BCUT2D eigenvalue weighted by molar-refractivity contribution is -0.117. The van der Waals surface area contributed by atoms with E-state index < -0.39 is 11.8 Å². The van der Waals surface area contributed by atoms with Crippen molar-refractivity contribution in [3.63, 3.8) is 0 Å². The highest BCUT2D eigenvalue weighted by Gasteiger charge is 2.17. The monoisotopic (exact) mass is 517 g/mol. The molecule has 8 heteroatoms. The van der Waals surface area contributed by atoms with Crippen LogP contribution >= 0.6 is 15.9 Å². The van der Waals surface area contributed by atoms with E-state index >= 15 is 0 Å². The van der Waals surface area contributed by atoms with Gasteiger partial charge in [-0.1, -0.05) is 54.6 Å². The van der Waals surface area contributed by atoms with Crippen LogP contribution in [0, 0.1) is 0 Å². The lowest BCUT2D eigenvalue weighted by atomic mass is 10.1. The summed E-state index contributed by atoms with van der Waals surface area (Å²) in [6.45, 7) is 0.139. The van der Waals surface area contributed by atoms with Crippen LogP contribution in [0.15, 0.2) is 94.1 Å². The first kappa shape index (κ1) is 23.0. The van der Waals surface area contributed by atoms with Crippen molar-refractivity contribution >= 4 is 46.1 Å². The van der Waals surface area contributed by atoms with E-state index in [4.69, 9.17) is 9.47 Å². The number of amides is 2. The number of rotatable bonds is 7. The zero-order valence-corrected chi connectivity index (χ0v) is 19.5. The molecule has 0 aliphatic carbocycles. The highest BCUT2D eigenvalue weighted by molar-refractivity contribution is 9.10. The summed E-state index contributed by atoms with van der Waals surface area (Å²) in [6.07, 6.45) is 6.56. The molecule has 0 atom stereocenters. The number of carbonyl (C=O) groups excluding carboxylic acids is 2. The number of nitrogens with zero attached hydrogens (tertiary/aromatic N) is 1. The number of fused-ring (bicyclic) bond motifs is 1. The molecule has 0 saturated carbocycles. The number of benzene rings is 3. The molecule has 1 aliphatic rings. The highest BCUT2D eigenvalue weighted by Crippen LogP contribution is 2.33. The third-order valence-electron chi connectivity index (χ3n) is 4.73. The van der Waals surface area contributed by atoms with Gasteiger partial charge in [0.1, 0.15) is 5.70 Å². The number of halogens is 1. The molecule has 0 fully saturated rings. The standard InChI is InChI=1S/C26H20BrN3O4/c27-21-11-5-4-10-20(21)25(31)29-22(15-19-12-13-23-24(16-19)34-17-33-23)26(32)30-28-14-6-9-18-7-2-1-3-8-18/h1-16H,17H2,(H,29,31)(H,30,32)/b9-6-,22-15-,28-14+. The van der Waals surface area contributed by atoms with Crippen molar-refractivity contribution in [1.29, 1.82) is 0 Å². The molecule has 1 heterocycles. The molecule has 0 spiro atoms. The quantitative estimate of drug-likeness (QED) is 0.268. The average Bonchev–Trinajstić information content (AvgIpc) is 3.32. The zero-order chi connectivity index (χ0) is 23.8. The van der Waals surface area contributed by atoms with Crippen molar-refractivity contribution in [3.05, 3.63) is 106 Å². The van der Waals surface area contributed by atoms with Gasteiger partial charge in [-0.05, 0) is 63.5 Å². The van der Waals surface area contributed by atoms with Crippen LogP contribution in [0.5, 0.6) is 11.5 Å². The minimum Gasteiger partial charge on any atom is -0.454 e. The molecular weight excluding hydrogens is 498 g/mol. The predicted octanol–water partition coefficient (Wildman–Crippen LogP) is 4.76. The first-order chi connectivity index (χ1) is 16.6. The molecule has 0 radical (unpaired) electrons. The van der Waals surface area contributed by atoms with Crippen LogP contribution < -0.4 is 20.2 Å². The summed E-state index contributed by atoms with van der Waals surface area (Å²) >= 11 is 3.36. The van der Waals surface area contributed by atoms with E-state index in [0.29, 0.717) is 27.1 Å². The second kappa shape index (κ2) is 11.1. The Balaban J connectivity index is 1.52. The van der Waals surface area contributed by atoms with E-state index in [-0.39, 0.29) is 12.5 Å². The molecule has 4 rings (SSSR count). The Morgan fingerprint density at radius 1 is 0.912 bits per heavy atom. The maximum absolute atomic E-state index is 12.9. The summed E-state index contributed by atoms with van der Waals surface area (Å²) in [5.41, 5.74) is 4.50. The van der Waals surface area contributed by atoms with E-state index in [1.807, 2.05) is 36.4 Å². The van der Waals surface area contributed by atoms with Crippen molar-refractivity contribution in [1.82, 2.24) is 10.7 Å². The summed E-state index contributed by atoms with van der Waals surface area (Å²) in [5.74, 6) is 0.162. The minimum absolute atomic E-state index is 0.0174. The number of hydrogen-bond donors (Lipinski definition) is 2. The lowest BCUT2D eigenvalue weighted by Gasteiger charge is -2.10. The molecule has 0 bridgehead atoms. The Hall–Kier alpha value is -4.17. The van der Waals surface area contributed by atoms with Gasteiger partial charge in [0.25, 0.3) is 11.8 Å². The average molecular weight is 518 g/mol. The van der Waals surface area contributed by atoms with Gasteiger partial charge in [0.05, 0.1) is 5.56 Å². The molecular formula is C26H20BrN3O4. The summed E-state index contributed by atoms with van der Waals surface area (Å²) < 4.78 is 11.3. The molecule has 3 aromatic rings. The molecule has 1 aliphatic heterocycles. The number of hydrazone groups is 1. The molecule has 2 N–H and O–H groups in total. The van der Waals surface area contributed by atoms with E-state index in [1.165, 1.54) is 6.21 Å². The van der Waals surface area contributed by atoms with Crippen LogP contribution in [0.1, 0.15) is 21.5 Å². The number of allylic oxidation sites excluding steroid dienone is 1. The van der Waals surface area contributed by atoms with Crippen molar-refractivity contribution < 1.29 is 19.1 Å². The van der Waals surface area contributed by atoms with Crippen molar-refractivity contribution in [2.75, 3.05) is 6.79 Å². The molecule has 3 aromatic carbocycles. The Labute approximate surface area is 204 Å². The number of nitrogens with one attached hydrogen (secondary N) is 2. The molecule has 7 nitrogen and oxygen atoms in total. The van der Waals surface area contributed by atoms with Gasteiger partial charge in [-0.15, -0.1) is 0 Å². The van der Waals surface area contributed by atoms with E-state index in [2.05, 4.69) is 31.8 Å². The number of carbonyl (C=O) groups is 2. The normalized spacial score (nSPS) is 12.8. The van der Waals surface area contributed by atoms with Gasteiger partial charge in [0.15, 0.2) is 11.5 Å². The summed E-state index contributed by atoms with van der Waals surface area (Å²) in [4.78, 5) is 25.7. The zero-order valence-electron chi connectivity index (χ0n) is 17.9. The van der Waals surface area contributed by atoms with Gasteiger partial charge in [-0.3, -0.25) is 9.59 Å². The fourth-order valence-corrected chi connectivity index (χ4v) is 3.55. The second-order valence-electron chi connectivity index (χ2n) is 7.09. The largest absolute Gasteiger partial charge is 0.454 e. The minimum atomic E-state index is -0.581. The fourth-order valence-electron chi connectivity index (χ4n) is 3.08. The SMILES string of the molecule is O=C(N/N=C/C=C\c1ccccc1)/C(=C/c1ccc2c(c1)OCO2)NC(=O)c1ccccc1Br. The van der Waals surface area contributed by atoms with Crippen LogP contribution in [0.4, 0.5) is 0 Å². The topological polar surface area (TPSA) is 89.0 Å². The second-order valence-corrected chi connectivity index (χ2v) is 7.95. The first-order valence-electron chi connectivity index (χ1n) is 10.3. The van der Waals surface area contributed by atoms with E-state index in [9.17, 15) is 9.59 Å². The lowest BCUT2D eigenvalue weighted by Crippen LogP contribution is -2.33. The molecule has 2 amide bonds. The van der Waals surface area contributed by atoms with Crippen molar-refractivity contribution in [2.45, 2.75) is 0 Å². The number of hydrogen-bond acceptors (Lipinski definition) is 5. The molecule has 170 valence electrons. The number of ether oxygens (including phenoxy) is 2. The van der Waals surface area contributed by atoms with Gasteiger partial charge < -0.3 is 14.8 Å². The fraction of sp³-hybridized carbons (Fsp3) is 0.0385. The Kier molecular flexibility index (Phi) is 7.52.